The third-order valence-corrected chi connectivity index (χ3v) is 5.30. The average molecular weight is 484 g/mol. The number of hydrogen-bond acceptors (Lipinski definition) is 4. The monoisotopic (exact) mass is 483 g/mol. The number of aliphatic carboxylic acids is 1. The molecule has 3 aromatic rings. The Morgan fingerprint density at radius 2 is 1.85 bits per heavy atom. The predicted molar refractivity (Wildman–Crippen MR) is 127 cm³/mol. The normalized spacial score (nSPS) is 11.7. The van der Waals surface area contributed by atoms with Gasteiger partial charge in [-0.15, -0.1) is 0 Å². The molecule has 0 fully saturated rings. The highest BCUT2D eigenvalue weighted by Crippen LogP contribution is 2.30. The molecule has 0 aliphatic carbocycles. The van der Waals surface area contributed by atoms with Gasteiger partial charge in [0.15, 0.2) is 11.5 Å². The van der Waals surface area contributed by atoms with Crippen LogP contribution >= 0.6 is 11.6 Å². The van der Waals surface area contributed by atoms with Crippen LogP contribution in [0.3, 0.4) is 0 Å². The van der Waals surface area contributed by atoms with Gasteiger partial charge in [0.25, 0.3) is 0 Å². The average Bonchev–Trinajstić information content (AvgIpc) is 2.83. The lowest BCUT2D eigenvalue weighted by atomic mass is 10.1. The first-order valence-electron chi connectivity index (χ1n) is 10.4. The van der Waals surface area contributed by atoms with Crippen molar-refractivity contribution in [2.75, 3.05) is 7.11 Å². The van der Waals surface area contributed by atoms with Crippen LogP contribution in [0.15, 0.2) is 72.8 Å². The zero-order valence-corrected chi connectivity index (χ0v) is 19.1. The summed E-state index contributed by atoms with van der Waals surface area (Å²) in [6.07, 6.45) is 2.94. The van der Waals surface area contributed by atoms with Gasteiger partial charge in [0.2, 0.25) is 5.91 Å². The maximum absolute atomic E-state index is 14.0. The molecular weight excluding hydrogens is 461 g/mol. The molecule has 0 aliphatic rings. The number of hydrogen-bond donors (Lipinski definition) is 2. The largest absolute Gasteiger partial charge is 0.493 e. The molecule has 6 nitrogen and oxygen atoms in total. The van der Waals surface area contributed by atoms with Gasteiger partial charge in [0, 0.05) is 18.1 Å². The molecule has 176 valence electrons. The molecule has 1 atom stereocenters. The molecule has 0 heterocycles. The third-order valence-electron chi connectivity index (χ3n) is 4.95. The van der Waals surface area contributed by atoms with E-state index in [-0.39, 0.29) is 23.6 Å². The van der Waals surface area contributed by atoms with E-state index in [1.807, 2.05) is 18.2 Å². The van der Waals surface area contributed by atoms with Gasteiger partial charge in [-0.3, -0.25) is 4.79 Å². The van der Waals surface area contributed by atoms with Crippen LogP contribution in [0.5, 0.6) is 11.5 Å². The second kappa shape index (κ2) is 11.9. The number of carboxylic acids is 1. The molecule has 0 bridgehead atoms. The lowest BCUT2D eigenvalue weighted by molar-refractivity contribution is -0.141. The van der Waals surface area contributed by atoms with E-state index in [4.69, 9.17) is 21.1 Å². The first-order valence-corrected chi connectivity index (χ1v) is 10.7. The lowest BCUT2D eigenvalue weighted by Crippen LogP contribution is -2.41. The molecule has 3 rings (SSSR count). The quantitative estimate of drug-likeness (QED) is 0.401. The van der Waals surface area contributed by atoms with Crippen LogP contribution in [0.2, 0.25) is 5.02 Å². The number of halogens is 2. The number of benzene rings is 3. The second-order valence-electron chi connectivity index (χ2n) is 7.32. The Kier molecular flexibility index (Phi) is 8.65. The van der Waals surface area contributed by atoms with E-state index >= 15 is 0 Å². The number of rotatable bonds is 10. The van der Waals surface area contributed by atoms with Crippen molar-refractivity contribution >= 4 is 29.6 Å². The minimum Gasteiger partial charge on any atom is -0.493 e. The Bertz CT molecular complexity index is 1160. The van der Waals surface area contributed by atoms with Crippen molar-refractivity contribution in [2.24, 2.45) is 0 Å². The zero-order chi connectivity index (χ0) is 24.5. The molecule has 3 aromatic carbocycles. The number of amides is 1. The van der Waals surface area contributed by atoms with Crippen molar-refractivity contribution in [3.63, 3.8) is 0 Å². The topological polar surface area (TPSA) is 84.9 Å². The molecule has 2 N–H and O–H groups in total. The molecule has 1 amide bonds. The van der Waals surface area contributed by atoms with Crippen molar-refractivity contribution in [1.82, 2.24) is 5.32 Å². The van der Waals surface area contributed by atoms with Crippen molar-refractivity contribution in [3.8, 4) is 11.5 Å². The minimum absolute atomic E-state index is 0.0859. The Morgan fingerprint density at radius 3 is 2.53 bits per heavy atom. The molecule has 0 aromatic heterocycles. The first-order chi connectivity index (χ1) is 16.4. The van der Waals surface area contributed by atoms with Gasteiger partial charge in [-0.2, -0.15) is 0 Å². The van der Waals surface area contributed by atoms with Crippen molar-refractivity contribution in [2.45, 2.75) is 19.1 Å². The fraction of sp³-hybridized carbons (Fsp3) is 0.154. The minimum atomic E-state index is -1.12. The Labute approximate surface area is 201 Å². The summed E-state index contributed by atoms with van der Waals surface area (Å²) in [6, 6.07) is 17.3. The third kappa shape index (κ3) is 6.83. The fourth-order valence-corrected chi connectivity index (χ4v) is 3.39. The summed E-state index contributed by atoms with van der Waals surface area (Å²) >= 11 is 6.03. The zero-order valence-electron chi connectivity index (χ0n) is 18.3. The Balaban J connectivity index is 1.64. The summed E-state index contributed by atoms with van der Waals surface area (Å²) < 4.78 is 25.0. The van der Waals surface area contributed by atoms with Crippen LogP contribution in [0.4, 0.5) is 4.39 Å². The number of carboxylic acid groups (broad SMARTS) is 1. The SMILES string of the molecule is COc1cc(/C=C/C(=O)N[C@@H](Cc2ccccc2)C(=O)O)ccc1OCc1c(F)cccc1Cl. The predicted octanol–water partition coefficient (Wildman–Crippen LogP) is 4.89. The van der Waals surface area contributed by atoms with Crippen LogP contribution in [-0.2, 0) is 22.6 Å². The highest BCUT2D eigenvalue weighted by molar-refractivity contribution is 6.31. The van der Waals surface area contributed by atoms with E-state index < -0.39 is 23.7 Å². The number of methoxy groups -OCH3 is 1. The van der Waals surface area contributed by atoms with Crippen LogP contribution in [0.1, 0.15) is 16.7 Å². The molecule has 0 unspecified atom stereocenters. The van der Waals surface area contributed by atoms with E-state index in [1.54, 1.807) is 36.4 Å². The van der Waals surface area contributed by atoms with Gasteiger partial charge in [-0.05, 0) is 41.5 Å². The molecule has 34 heavy (non-hydrogen) atoms. The molecular formula is C26H23ClFNO5. The summed E-state index contributed by atoms with van der Waals surface area (Å²) in [6.45, 7) is -0.0859. The van der Waals surface area contributed by atoms with Crippen LogP contribution in [0, 0.1) is 5.82 Å². The fourth-order valence-electron chi connectivity index (χ4n) is 3.17. The van der Waals surface area contributed by atoms with Crippen molar-refractivity contribution in [3.05, 3.63) is 100 Å². The van der Waals surface area contributed by atoms with Gasteiger partial charge >= 0.3 is 5.97 Å². The number of carbonyl (C=O) groups is 2. The first kappa shape index (κ1) is 24.8. The van der Waals surface area contributed by atoms with Crippen LogP contribution in [-0.4, -0.2) is 30.1 Å². The van der Waals surface area contributed by atoms with Gasteiger partial charge in [-0.1, -0.05) is 54.1 Å². The summed E-state index contributed by atoms with van der Waals surface area (Å²) in [7, 11) is 1.46. The maximum Gasteiger partial charge on any atom is 0.326 e. The van der Waals surface area contributed by atoms with Gasteiger partial charge in [-0.25, -0.2) is 9.18 Å². The van der Waals surface area contributed by atoms with Gasteiger partial charge in [0.05, 0.1) is 12.1 Å². The van der Waals surface area contributed by atoms with Gasteiger partial charge < -0.3 is 19.9 Å². The van der Waals surface area contributed by atoms with E-state index in [0.29, 0.717) is 17.1 Å². The standard InChI is InChI=1S/C26H23ClFNO5/c1-33-24-15-18(10-12-23(24)34-16-19-20(27)8-5-9-21(19)28)11-13-25(30)29-22(26(31)32)14-17-6-3-2-4-7-17/h2-13,15,22H,14,16H2,1H3,(H,29,30)(H,31,32)/b13-11+/t22-/m0/s1. The van der Waals surface area contributed by atoms with Crippen molar-refractivity contribution < 1.29 is 28.6 Å². The molecule has 0 saturated carbocycles. The maximum atomic E-state index is 14.0. The summed E-state index contributed by atoms with van der Waals surface area (Å²) in [4.78, 5) is 23.8. The van der Waals surface area contributed by atoms with Gasteiger partial charge in [0.1, 0.15) is 18.5 Å². The molecule has 0 aliphatic heterocycles. The number of ether oxygens (including phenoxy) is 2. The number of carbonyl (C=O) groups excluding carboxylic acids is 1. The molecule has 0 radical (unpaired) electrons. The smallest absolute Gasteiger partial charge is 0.326 e. The van der Waals surface area contributed by atoms with E-state index in [9.17, 15) is 19.1 Å². The van der Waals surface area contributed by atoms with E-state index in [0.717, 1.165) is 5.56 Å². The van der Waals surface area contributed by atoms with E-state index in [2.05, 4.69) is 5.32 Å². The Hall–Kier alpha value is -3.84. The summed E-state index contributed by atoms with van der Waals surface area (Å²) in [5, 5.41) is 12.2. The highest BCUT2D eigenvalue weighted by Gasteiger charge is 2.19. The second-order valence-corrected chi connectivity index (χ2v) is 7.73. The highest BCUT2D eigenvalue weighted by atomic mass is 35.5. The molecule has 8 heteroatoms. The van der Waals surface area contributed by atoms with E-state index in [1.165, 1.54) is 31.4 Å². The van der Waals surface area contributed by atoms with Crippen molar-refractivity contribution in [1.29, 1.82) is 0 Å². The number of nitrogens with one attached hydrogen (secondary N) is 1. The van der Waals surface area contributed by atoms with Crippen LogP contribution < -0.4 is 14.8 Å². The summed E-state index contributed by atoms with van der Waals surface area (Å²) in [5.41, 5.74) is 1.66. The molecule has 0 saturated heterocycles. The summed E-state index contributed by atoms with van der Waals surface area (Å²) in [5.74, 6) is -1.38. The molecule has 0 spiro atoms. The Morgan fingerprint density at radius 1 is 1.09 bits per heavy atom. The van der Waals surface area contributed by atoms with Crippen LogP contribution in [0.25, 0.3) is 6.08 Å². The lowest BCUT2D eigenvalue weighted by Gasteiger charge is -2.13.